The molecule has 0 aliphatic heterocycles. The van der Waals surface area contributed by atoms with E-state index in [1.54, 1.807) is 6.07 Å². The second-order valence-electron chi connectivity index (χ2n) is 5.66. The number of carbonyl (C=O) groups is 1. The molecule has 1 amide bonds. The Hall–Kier alpha value is -1.75. The van der Waals surface area contributed by atoms with Crippen molar-refractivity contribution in [1.82, 2.24) is 5.32 Å². The van der Waals surface area contributed by atoms with Gasteiger partial charge in [-0.05, 0) is 43.4 Å². The lowest BCUT2D eigenvalue weighted by Gasteiger charge is -2.23. The molecule has 0 radical (unpaired) electrons. The minimum atomic E-state index is -0.0790. The van der Waals surface area contributed by atoms with Crippen LogP contribution in [0.4, 0.5) is 5.69 Å². The largest absolute Gasteiger partial charge is 0.370 e. The Kier molecular flexibility index (Phi) is 6.07. The molecule has 1 aliphatic carbocycles. The SMILES string of the molecule is Cc1c(Cl)cccc1NC(=O)CCNC(N)=NCC1CCC1. The highest BCUT2D eigenvalue weighted by Crippen LogP contribution is 2.26. The number of aliphatic imine (C=N–C) groups is 1. The van der Waals surface area contributed by atoms with E-state index in [0.29, 0.717) is 29.9 Å². The van der Waals surface area contributed by atoms with Gasteiger partial charge in [-0.3, -0.25) is 9.79 Å². The highest BCUT2D eigenvalue weighted by molar-refractivity contribution is 6.31. The fraction of sp³-hybridized carbons (Fsp3) is 0.500. The molecule has 1 fully saturated rings. The molecule has 120 valence electrons. The Balaban J connectivity index is 1.70. The van der Waals surface area contributed by atoms with Gasteiger partial charge in [0.2, 0.25) is 5.91 Å². The van der Waals surface area contributed by atoms with Gasteiger partial charge in [0.05, 0.1) is 0 Å². The van der Waals surface area contributed by atoms with Crippen molar-refractivity contribution in [3.63, 3.8) is 0 Å². The normalized spacial score (nSPS) is 15.3. The van der Waals surface area contributed by atoms with E-state index in [9.17, 15) is 4.79 Å². The van der Waals surface area contributed by atoms with Crippen LogP contribution in [0.3, 0.4) is 0 Å². The zero-order valence-electron chi connectivity index (χ0n) is 12.9. The van der Waals surface area contributed by atoms with Crippen LogP contribution >= 0.6 is 11.6 Å². The van der Waals surface area contributed by atoms with E-state index < -0.39 is 0 Å². The van der Waals surface area contributed by atoms with Crippen LogP contribution in [0.25, 0.3) is 0 Å². The van der Waals surface area contributed by atoms with Crippen molar-refractivity contribution in [3.05, 3.63) is 28.8 Å². The van der Waals surface area contributed by atoms with Crippen molar-refractivity contribution in [2.24, 2.45) is 16.6 Å². The molecule has 2 rings (SSSR count). The number of benzene rings is 1. The summed E-state index contributed by atoms with van der Waals surface area (Å²) in [6.07, 6.45) is 4.12. The van der Waals surface area contributed by atoms with Crippen LogP contribution in [0.1, 0.15) is 31.2 Å². The number of nitrogens with zero attached hydrogens (tertiary/aromatic N) is 1. The number of hydrogen-bond donors (Lipinski definition) is 3. The number of rotatable bonds is 6. The van der Waals surface area contributed by atoms with Gasteiger partial charge in [0.25, 0.3) is 0 Å². The lowest BCUT2D eigenvalue weighted by molar-refractivity contribution is -0.116. The predicted octanol–water partition coefficient (Wildman–Crippen LogP) is 2.68. The summed E-state index contributed by atoms with van der Waals surface area (Å²) in [6.45, 7) is 3.12. The minimum absolute atomic E-state index is 0.0790. The molecule has 0 aromatic heterocycles. The van der Waals surface area contributed by atoms with Crippen LogP contribution in [-0.2, 0) is 4.79 Å². The Bertz CT molecular complexity index is 555. The summed E-state index contributed by atoms with van der Waals surface area (Å²) < 4.78 is 0. The first kappa shape index (κ1) is 16.6. The van der Waals surface area contributed by atoms with E-state index in [0.717, 1.165) is 17.8 Å². The van der Waals surface area contributed by atoms with Crippen LogP contribution < -0.4 is 16.4 Å². The third kappa shape index (κ3) is 4.91. The van der Waals surface area contributed by atoms with E-state index >= 15 is 0 Å². The molecule has 22 heavy (non-hydrogen) atoms. The first-order chi connectivity index (χ1) is 10.6. The van der Waals surface area contributed by atoms with Crippen molar-refractivity contribution in [2.45, 2.75) is 32.6 Å². The molecule has 6 heteroatoms. The second kappa shape index (κ2) is 8.03. The fourth-order valence-electron chi connectivity index (χ4n) is 2.22. The summed E-state index contributed by atoms with van der Waals surface area (Å²) in [6, 6.07) is 5.45. The molecule has 0 saturated heterocycles. The van der Waals surface area contributed by atoms with Crippen LogP contribution in [0.15, 0.2) is 23.2 Å². The standard InChI is InChI=1S/C16H23ClN4O/c1-11-13(17)6-3-7-14(11)21-15(22)8-9-19-16(18)20-10-12-4-2-5-12/h3,6-7,12H,2,4-5,8-10H2,1H3,(H,21,22)(H3,18,19,20). The average molecular weight is 323 g/mol. The fourth-order valence-corrected chi connectivity index (χ4v) is 2.39. The molecule has 0 heterocycles. The quantitative estimate of drug-likeness (QED) is 0.556. The van der Waals surface area contributed by atoms with E-state index in [4.69, 9.17) is 17.3 Å². The van der Waals surface area contributed by atoms with Gasteiger partial charge < -0.3 is 16.4 Å². The van der Waals surface area contributed by atoms with Gasteiger partial charge in [-0.25, -0.2) is 0 Å². The highest BCUT2D eigenvalue weighted by Gasteiger charge is 2.16. The van der Waals surface area contributed by atoms with Gasteiger partial charge >= 0.3 is 0 Å². The van der Waals surface area contributed by atoms with Gasteiger partial charge in [0.1, 0.15) is 0 Å². The molecule has 0 spiro atoms. The zero-order chi connectivity index (χ0) is 15.9. The maximum absolute atomic E-state index is 11.9. The number of nitrogens with one attached hydrogen (secondary N) is 2. The van der Waals surface area contributed by atoms with E-state index in [1.165, 1.54) is 19.3 Å². The number of amides is 1. The summed E-state index contributed by atoms with van der Waals surface area (Å²) in [5.74, 6) is 1.03. The smallest absolute Gasteiger partial charge is 0.226 e. The van der Waals surface area contributed by atoms with E-state index in [1.807, 2.05) is 19.1 Å². The van der Waals surface area contributed by atoms with Gasteiger partial charge in [0, 0.05) is 30.2 Å². The summed E-state index contributed by atoms with van der Waals surface area (Å²) in [4.78, 5) is 16.2. The molecule has 0 unspecified atom stereocenters. The van der Waals surface area contributed by atoms with Crippen LogP contribution in [0, 0.1) is 12.8 Å². The Morgan fingerprint density at radius 3 is 2.91 bits per heavy atom. The molecule has 0 bridgehead atoms. The first-order valence-electron chi connectivity index (χ1n) is 7.65. The summed E-state index contributed by atoms with van der Waals surface area (Å²) in [5.41, 5.74) is 7.38. The number of halogens is 1. The van der Waals surface area contributed by atoms with Crippen LogP contribution in [-0.4, -0.2) is 25.0 Å². The van der Waals surface area contributed by atoms with Crippen molar-refractivity contribution < 1.29 is 4.79 Å². The number of carbonyl (C=O) groups excluding carboxylic acids is 1. The van der Waals surface area contributed by atoms with Crippen molar-refractivity contribution >= 4 is 29.2 Å². The second-order valence-corrected chi connectivity index (χ2v) is 6.07. The maximum Gasteiger partial charge on any atom is 0.226 e. The average Bonchev–Trinajstić information content (AvgIpc) is 2.42. The van der Waals surface area contributed by atoms with Crippen LogP contribution in [0.5, 0.6) is 0 Å². The number of anilines is 1. The Morgan fingerprint density at radius 1 is 1.45 bits per heavy atom. The van der Waals surface area contributed by atoms with E-state index in [2.05, 4.69) is 15.6 Å². The van der Waals surface area contributed by atoms with Crippen molar-refractivity contribution in [2.75, 3.05) is 18.4 Å². The Morgan fingerprint density at radius 2 is 2.23 bits per heavy atom. The summed E-state index contributed by atoms with van der Waals surface area (Å²) in [5, 5.41) is 6.46. The van der Waals surface area contributed by atoms with Gasteiger partial charge in [-0.1, -0.05) is 24.1 Å². The first-order valence-corrected chi connectivity index (χ1v) is 8.03. The number of guanidine groups is 1. The molecule has 1 aliphatic rings. The molecular weight excluding hydrogens is 300 g/mol. The monoisotopic (exact) mass is 322 g/mol. The zero-order valence-corrected chi connectivity index (χ0v) is 13.6. The Labute approximate surface area is 136 Å². The van der Waals surface area contributed by atoms with Crippen molar-refractivity contribution in [1.29, 1.82) is 0 Å². The molecule has 1 aromatic rings. The highest BCUT2D eigenvalue weighted by atomic mass is 35.5. The molecule has 5 nitrogen and oxygen atoms in total. The van der Waals surface area contributed by atoms with E-state index in [-0.39, 0.29) is 5.91 Å². The number of nitrogens with two attached hydrogens (primary N) is 1. The van der Waals surface area contributed by atoms with Crippen LogP contribution in [0.2, 0.25) is 5.02 Å². The molecular formula is C16H23ClN4O. The molecule has 1 saturated carbocycles. The van der Waals surface area contributed by atoms with Crippen molar-refractivity contribution in [3.8, 4) is 0 Å². The topological polar surface area (TPSA) is 79.5 Å². The third-order valence-corrected chi connectivity index (χ3v) is 4.35. The molecule has 4 N–H and O–H groups in total. The van der Waals surface area contributed by atoms with Gasteiger partial charge in [-0.15, -0.1) is 0 Å². The predicted molar refractivity (Wildman–Crippen MR) is 91.3 cm³/mol. The minimum Gasteiger partial charge on any atom is -0.370 e. The third-order valence-electron chi connectivity index (χ3n) is 3.94. The summed E-state index contributed by atoms with van der Waals surface area (Å²) in [7, 11) is 0. The number of hydrogen-bond acceptors (Lipinski definition) is 2. The molecule has 1 aromatic carbocycles. The summed E-state index contributed by atoms with van der Waals surface area (Å²) >= 11 is 6.02. The lowest BCUT2D eigenvalue weighted by atomic mass is 9.86. The maximum atomic E-state index is 11.9. The molecule has 0 atom stereocenters. The lowest BCUT2D eigenvalue weighted by Crippen LogP contribution is -2.34. The van der Waals surface area contributed by atoms with Gasteiger partial charge in [0.15, 0.2) is 5.96 Å². The van der Waals surface area contributed by atoms with Gasteiger partial charge in [-0.2, -0.15) is 0 Å².